The fraction of sp³-hybridized carbons (Fsp3) is 0.148. The Morgan fingerprint density at radius 1 is 1.00 bits per heavy atom. The Hall–Kier alpha value is -3.97. The third-order valence-corrected chi connectivity index (χ3v) is 6.48. The maximum atomic E-state index is 15.4. The van der Waals surface area contributed by atoms with Gasteiger partial charge in [-0.25, -0.2) is 14.4 Å². The number of hydrogen-bond donors (Lipinski definition) is 2. The van der Waals surface area contributed by atoms with Crippen LogP contribution < -0.4 is 11.5 Å². The lowest BCUT2D eigenvalue weighted by molar-refractivity contribution is 0.591. The second-order valence-corrected chi connectivity index (χ2v) is 8.86. The number of fused-ring (bicyclic) bond motifs is 1. The van der Waals surface area contributed by atoms with Crippen LogP contribution in [0.1, 0.15) is 35.5 Å². The highest BCUT2D eigenvalue weighted by Crippen LogP contribution is 2.36. The molecule has 2 heterocycles. The van der Waals surface area contributed by atoms with Gasteiger partial charge in [-0.2, -0.15) is 5.10 Å². The molecule has 0 fully saturated rings. The number of nitrogens with zero attached hydrogens (tertiary/aromatic N) is 4. The van der Waals surface area contributed by atoms with Gasteiger partial charge in [0.15, 0.2) is 5.82 Å². The van der Waals surface area contributed by atoms with E-state index in [4.69, 9.17) is 28.1 Å². The van der Waals surface area contributed by atoms with Gasteiger partial charge in [0.2, 0.25) is 0 Å². The van der Waals surface area contributed by atoms with Crippen molar-refractivity contribution in [2.75, 3.05) is 11.5 Å². The SMILES string of the molecule is CCc1ccc(F)c(C(c2cc3cc(N)ccc3c(N)n2)c2nc(-c3ccccc3Cl)nn2C)c1. The van der Waals surface area contributed by atoms with Crippen LogP contribution in [0.2, 0.25) is 5.02 Å². The summed E-state index contributed by atoms with van der Waals surface area (Å²) in [6.07, 6.45) is 0.757. The molecule has 0 amide bonds. The maximum Gasteiger partial charge on any atom is 0.182 e. The summed E-state index contributed by atoms with van der Waals surface area (Å²) in [6.45, 7) is 2.03. The molecule has 6 nitrogen and oxygen atoms in total. The van der Waals surface area contributed by atoms with E-state index in [0.717, 1.165) is 22.8 Å². The highest BCUT2D eigenvalue weighted by molar-refractivity contribution is 6.33. The molecule has 0 aliphatic heterocycles. The molecule has 0 saturated carbocycles. The Morgan fingerprint density at radius 2 is 1.80 bits per heavy atom. The molecule has 0 saturated heterocycles. The lowest BCUT2D eigenvalue weighted by atomic mass is 9.91. The van der Waals surface area contributed by atoms with E-state index in [0.29, 0.717) is 45.0 Å². The summed E-state index contributed by atoms with van der Waals surface area (Å²) in [5.41, 5.74) is 15.7. The van der Waals surface area contributed by atoms with Crippen LogP contribution in [0, 0.1) is 5.82 Å². The summed E-state index contributed by atoms with van der Waals surface area (Å²) in [6, 6.07) is 19.8. The number of benzene rings is 3. The number of aromatic nitrogens is 4. The predicted octanol–water partition coefficient (Wildman–Crippen LogP) is 5.73. The van der Waals surface area contributed by atoms with Gasteiger partial charge in [-0.1, -0.05) is 42.8 Å². The number of pyridine rings is 1. The summed E-state index contributed by atoms with van der Waals surface area (Å²) in [5, 5.41) is 6.73. The van der Waals surface area contributed by atoms with Crippen molar-refractivity contribution in [2.24, 2.45) is 7.05 Å². The van der Waals surface area contributed by atoms with E-state index in [9.17, 15) is 0 Å². The summed E-state index contributed by atoms with van der Waals surface area (Å²) < 4.78 is 17.0. The Morgan fingerprint density at radius 3 is 2.57 bits per heavy atom. The molecule has 3 aromatic carbocycles. The Balaban J connectivity index is 1.77. The molecule has 0 bridgehead atoms. The van der Waals surface area contributed by atoms with Gasteiger partial charge in [-0.3, -0.25) is 4.68 Å². The van der Waals surface area contributed by atoms with Crippen molar-refractivity contribution >= 4 is 33.9 Å². The van der Waals surface area contributed by atoms with E-state index in [1.165, 1.54) is 6.07 Å². The summed E-state index contributed by atoms with van der Waals surface area (Å²) >= 11 is 6.41. The van der Waals surface area contributed by atoms with Crippen molar-refractivity contribution in [2.45, 2.75) is 19.3 Å². The van der Waals surface area contributed by atoms with E-state index >= 15 is 4.39 Å². The minimum atomic E-state index is -0.664. The second kappa shape index (κ2) is 9.00. The first-order valence-corrected chi connectivity index (χ1v) is 11.6. The largest absolute Gasteiger partial charge is 0.399 e. The molecule has 5 rings (SSSR count). The Kier molecular flexibility index (Phi) is 5.86. The highest BCUT2D eigenvalue weighted by Gasteiger charge is 2.28. The first kappa shape index (κ1) is 22.8. The topological polar surface area (TPSA) is 95.6 Å². The fourth-order valence-corrected chi connectivity index (χ4v) is 4.56. The molecule has 0 radical (unpaired) electrons. The number of rotatable bonds is 5. The van der Waals surface area contributed by atoms with Gasteiger partial charge in [-0.15, -0.1) is 0 Å². The van der Waals surface area contributed by atoms with Crippen molar-refractivity contribution in [3.05, 3.63) is 100 Å². The average Bonchev–Trinajstić information content (AvgIpc) is 3.21. The van der Waals surface area contributed by atoms with E-state index in [1.807, 2.05) is 49.4 Å². The van der Waals surface area contributed by atoms with Crippen LogP contribution in [0.25, 0.3) is 22.2 Å². The van der Waals surface area contributed by atoms with Crippen LogP contribution >= 0.6 is 11.6 Å². The van der Waals surface area contributed by atoms with Crippen molar-refractivity contribution in [3.8, 4) is 11.4 Å². The van der Waals surface area contributed by atoms with Crippen molar-refractivity contribution < 1.29 is 4.39 Å². The molecule has 1 unspecified atom stereocenters. The first-order chi connectivity index (χ1) is 16.9. The van der Waals surface area contributed by atoms with Crippen LogP contribution in [0.15, 0.2) is 66.7 Å². The van der Waals surface area contributed by atoms with Gasteiger partial charge in [0, 0.05) is 29.2 Å². The number of halogens is 2. The van der Waals surface area contributed by atoms with Gasteiger partial charge in [-0.05, 0) is 59.8 Å². The normalized spacial score (nSPS) is 12.2. The molecule has 0 aliphatic carbocycles. The lowest BCUT2D eigenvalue weighted by Crippen LogP contribution is -2.14. The molecule has 0 aliphatic rings. The number of aryl methyl sites for hydroxylation is 2. The van der Waals surface area contributed by atoms with Crippen LogP contribution in [0.3, 0.4) is 0 Å². The van der Waals surface area contributed by atoms with Gasteiger partial charge >= 0.3 is 0 Å². The zero-order valence-electron chi connectivity index (χ0n) is 19.3. The minimum Gasteiger partial charge on any atom is -0.399 e. The predicted molar refractivity (Wildman–Crippen MR) is 139 cm³/mol. The Bertz CT molecular complexity index is 1560. The standard InChI is InChI=1S/C27H24ClFN6/c1-3-15-8-11-22(29)20(12-15)24(23-14-16-13-17(30)9-10-18(16)25(31)32-23)27-33-26(34-35(27)2)19-6-4-5-7-21(19)28/h4-14,24H,3,30H2,1-2H3,(H2,31,32). The van der Waals surface area contributed by atoms with E-state index in [1.54, 1.807) is 29.9 Å². The van der Waals surface area contributed by atoms with E-state index in [-0.39, 0.29) is 5.82 Å². The quantitative estimate of drug-likeness (QED) is 0.309. The number of nitrogen functional groups attached to an aromatic ring is 2. The van der Waals surface area contributed by atoms with Crippen molar-refractivity contribution in [1.82, 2.24) is 19.7 Å². The summed E-state index contributed by atoms with van der Waals surface area (Å²) in [4.78, 5) is 9.50. The molecule has 8 heteroatoms. The monoisotopic (exact) mass is 486 g/mol. The molecule has 2 aromatic heterocycles. The Labute approximate surface area is 207 Å². The van der Waals surface area contributed by atoms with Crippen LogP contribution in [-0.4, -0.2) is 19.7 Å². The number of hydrogen-bond acceptors (Lipinski definition) is 5. The van der Waals surface area contributed by atoms with Crippen molar-refractivity contribution in [3.63, 3.8) is 0 Å². The second-order valence-electron chi connectivity index (χ2n) is 8.45. The molecule has 35 heavy (non-hydrogen) atoms. The van der Waals surface area contributed by atoms with E-state index in [2.05, 4.69) is 10.1 Å². The highest BCUT2D eigenvalue weighted by atomic mass is 35.5. The third-order valence-electron chi connectivity index (χ3n) is 6.15. The van der Waals surface area contributed by atoms with Gasteiger partial charge in [0.05, 0.1) is 16.6 Å². The molecule has 4 N–H and O–H groups in total. The zero-order chi connectivity index (χ0) is 24.7. The fourth-order valence-electron chi connectivity index (χ4n) is 4.34. The van der Waals surface area contributed by atoms with Crippen LogP contribution in [0.4, 0.5) is 15.9 Å². The van der Waals surface area contributed by atoms with Crippen molar-refractivity contribution in [1.29, 1.82) is 0 Å². The van der Waals surface area contributed by atoms with Gasteiger partial charge in [0.25, 0.3) is 0 Å². The molecule has 5 aromatic rings. The number of nitrogens with two attached hydrogens (primary N) is 2. The zero-order valence-corrected chi connectivity index (χ0v) is 20.1. The maximum absolute atomic E-state index is 15.4. The summed E-state index contributed by atoms with van der Waals surface area (Å²) in [7, 11) is 1.78. The van der Waals surface area contributed by atoms with E-state index < -0.39 is 5.92 Å². The molecule has 176 valence electrons. The third kappa shape index (κ3) is 4.19. The molecular formula is C27H24ClFN6. The van der Waals surface area contributed by atoms with Gasteiger partial charge < -0.3 is 11.5 Å². The molecular weight excluding hydrogens is 463 g/mol. The molecule has 0 spiro atoms. The summed E-state index contributed by atoms with van der Waals surface area (Å²) in [5.74, 6) is 0.277. The lowest BCUT2D eigenvalue weighted by Gasteiger charge is -2.19. The van der Waals surface area contributed by atoms with Crippen LogP contribution in [-0.2, 0) is 13.5 Å². The minimum absolute atomic E-state index is 0.336. The smallest absolute Gasteiger partial charge is 0.182 e. The number of anilines is 2. The van der Waals surface area contributed by atoms with Gasteiger partial charge in [0.1, 0.15) is 17.5 Å². The molecule has 1 atom stereocenters. The first-order valence-electron chi connectivity index (χ1n) is 11.3. The van der Waals surface area contributed by atoms with Crippen LogP contribution in [0.5, 0.6) is 0 Å². The average molecular weight is 487 g/mol.